The Kier molecular flexibility index (Phi) is 2.33. The van der Waals surface area contributed by atoms with Crippen molar-refractivity contribution in [3.05, 3.63) is 23.4 Å². The molecular weight excluding hydrogens is 150 g/mol. The first-order chi connectivity index (χ1) is 5.70. The van der Waals surface area contributed by atoms with Gasteiger partial charge in [0.05, 0.1) is 10.7 Å². The molecule has 1 heterocycles. The molecule has 0 atom stereocenters. The third-order valence-corrected chi connectivity index (χ3v) is 1.72. The molecule has 0 unspecified atom stereocenters. The number of allylic oxidation sites excluding steroid dienone is 1. The van der Waals surface area contributed by atoms with Crippen molar-refractivity contribution in [1.82, 2.24) is 9.55 Å². The standard InChI is InChI=1S/C9H13N3/c1-4-6-8-7(3)12(5-2)9(10)11-8/h4,6H,1,3,5H2,2H3,(H2,10,11)/b8-6+. The summed E-state index contributed by atoms with van der Waals surface area (Å²) in [6.45, 7) is 10.3. The molecule has 2 N–H and O–H groups in total. The summed E-state index contributed by atoms with van der Waals surface area (Å²) in [5, 5.41) is 1.64. The number of hydrogen-bond acceptors (Lipinski definition) is 2. The molecule has 1 aromatic heterocycles. The van der Waals surface area contributed by atoms with Gasteiger partial charge >= 0.3 is 0 Å². The number of aromatic nitrogens is 2. The molecule has 1 rings (SSSR count). The molecule has 64 valence electrons. The van der Waals surface area contributed by atoms with Gasteiger partial charge in [-0.3, -0.25) is 0 Å². The predicted molar refractivity (Wildman–Crippen MR) is 51.7 cm³/mol. The zero-order valence-electron chi connectivity index (χ0n) is 7.25. The van der Waals surface area contributed by atoms with Gasteiger partial charge in [-0.25, -0.2) is 4.98 Å². The first kappa shape index (κ1) is 8.59. The fourth-order valence-corrected chi connectivity index (χ4v) is 1.12. The SMILES string of the molecule is C=C/C=c1/nc(N)n(CC)c1=C. The third-order valence-electron chi connectivity index (χ3n) is 1.72. The van der Waals surface area contributed by atoms with Crippen molar-refractivity contribution >= 4 is 18.6 Å². The largest absolute Gasteiger partial charge is 0.369 e. The minimum atomic E-state index is 0.510. The lowest BCUT2D eigenvalue weighted by Gasteiger charge is -1.96. The number of imidazole rings is 1. The minimum absolute atomic E-state index is 0.510. The van der Waals surface area contributed by atoms with E-state index < -0.39 is 0 Å². The van der Waals surface area contributed by atoms with Crippen LogP contribution in [0.2, 0.25) is 0 Å². The van der Waals surface area contributed by atoms with Crippen LogP contribution in [-0.4, -0.2) is 9.55 Å². The summed E-state index contributed by atoms with van der Waals surface area (Å²) in [5.74, 6) is 0.510. The molecular formula is C9H13N3. The molecule has 0 aliphatic heterocycles. The van der Waals surface area contributed by atoms with Crippen LogP contribution >= 0.6 is 0 Å². The van der Waals surface area contributed by atoms with Crippen molar-refractivity contribution in [1.29, 1.82) is 0 Å². The van der Waals surface area contributed by atoms with Crippen LogP contribution in [0.25, 0.3) is 12.7 Å². The van der Waals surface area contributed by atoms with E-state index in [1.165, 1.54) is 0 Å². The zero-order valence-corrected chi connectivity index (χ0v) is 7.25. The smallest absolute Gasteiger partial charge is 0.201 e. The quantitative estimate of drug-likeness (QED) is 0.659. The van der Waals surface area contributed by atoms with Crippen LogP contribution in [0.5, 0.6) is 0 Å². The Bertz CT molecular complexity index is 387. The van der Waals surface area contributed by atoms with Crippen LogP contribution in [0.1, 0.15) is 6.92 Å². The van der Waals surface area contributed by atoms with E-state index in [0.717, 1.165) is 17.2 Å². The van der Waals surface area contributed by atoms with E-state index in [1.807, 2.05) is 11.5 Å². The molecule has 0 aliphatic rings. The lowest BCUT2D eigenvalue weighted by atomic mass is 10.5. The molecule has 0 bridgehead atoms. The summed E-state index contributed by atoms with van der Waals surface area (Å²) in [6, 6.07) is 0. The van der Waals surface area contributed by atoms with E-state index >= 15 is 0 Å². The Morgan fingerprint density at radius 1 is 1.67 bits per heavy atom. The van der Waals surface area contributed by atoms with Gasteiger partial charge < -0.3 is 10.3 Å². The Morgan fingerprint density at radius 2 is 2.33 bits per heavy atom. The maximum atomic E-state index is 5.64. The van der Waals surface area contributed by atoms with Crippen LogP contribution < -0.4 is 16.4 Å². The summed E-state index contributed by atoms with van der Waals surface area (Å²) >= 11 is 0. The molecule has 0 aliphatic carbocycles. The van der Waals surface area contributed by atoms with Gasteiger partial charge in [0.25, 0.3) is 0 Å². The third kappa shape index (κ3) is 1.25. The fourth-order valence-electron chi connectivity index (χ4n) is 1.12. The van der Waals surface area contributed by atoms with Crippen molar-refractivity contribution in [2.24, 2.45) is 0 Å². The second-order valence-corrected chi connectivity index (χ2v) is 2.45. The van der Waals surface area contributed by atoms with E-state index in [0.29, 0.717) is 5.95 Å². The highest BCUT2D eigenvalue weighted by molar-refractivity contribution is 5.35. The molecule has 0 saturated carbocycles. The van der Waals surface area contributed by atoms with E-state index in [9.17, 15) is 0 Å². The highest BCUT2D eigenvalue weighted by Gasteiger charge is 1.98. The van der Waals surface area contributed by atoms with E-state index in [2.05, 4.69) is 18.1 Å². The number of rotatable bonds is 2. The molecule has 0 spiro atoms. The van der Waals surface area contributed by atoms with Crippen molar-refractivity contribution in [3.8, 4) is 0 Å². The summed E-state index contributed by atoms with van der Waals surface area (Å²) in [5.41, 5.74) is 5.64. The molecule has 3 nitrogen and oxygen atoms in total. The van der Waals surface area contributed by atoms with Crippen LogP contribution in [0.4, 0.5) is 5.95 Å². The van der Waals surface area contributed by atoms with Crippen molar-refractivity contribution in [2.45, 2.75) is 13.5 Å². The van der Waals surface area contributed by atoms with Crippen LogP contribution in [0.3, 0.4) is 0 Å². The monoisotopic (exact) mass is 163 g/mol. The van der Waals surface area contributed by atoms with E-state index in [-0.39, 0.29) is 0 Å². The average Bonchev–Trinajstić information content (AvgIpc) is 2.29. The Hall–Kier alpha value is -1.51. The van der Waals surface area contributed by atoms with Gasteiger partial charge in [-0.1, -0.05) is 19.2 Å². The first-order valence-corrected chi connectivity index (χ1v) is 3.84. The zero-order chi connectivity index (χ0) is 9.14. The Labute approximate surface area is 71.5 Å². The van der Waals surface area contributed by atoms with Gasteiger partial charge in [0.2, 0.25) is 5.95 Å². The topological polar surface area (TPSA) is 43.8 Å². The highest BCUT2D eigenvalue weighted by atomic mass is 15.1. The maximum Gasteiger partial charge on any atom is 0.201 e. The Morgan fingerprint density at radius 3 is 2.75 bits per heavy atom. The van der Waals surface area contributed by atoms with E-state index in [4.69, 9.17) is 5.73 Å². The van der Waals surface area contributed by atoms with Crippen molar-refractivity contribution in [2.75, 3.05) is 5.73 Å². The lowest BCUT2D eigenvalue weighted by Crippen LogP contribution is -2.28. The molecule has 0 aromatic carbocycles. The number of nitrogens with two attached hydrogens (primary N) is 1. The summed E-state index contributed by atoms with van der Waals surface area (Å²) < 4.78 is 1.86. The minimum Gasteiger partial charge on any atom is -0.369 e. The van der Waals surface area contributed by atoms with Crippen LogP contribution in [0, 0.1) is 0 Å². The normalized spacial score (nSPS) is 11.9. The summed E-state index contributed by atoms with van der Waals surface area (Å²) in [4.78, 5) is 4.12. The molecule has 12 heavy (non-hydrogen) atoms. The molecule has 1 aromatic rings. The molecule has 0 amide bonds. The lowest BCUT2D eigenvalue weighted by molar-refractivity contribution is 0.753. The molecule has 0 fully saturated rings. The number of hydrogen-bond donors (Lipinski definition) is 1. The number of nitrogens with zero attached hydrogens (tertiary/aromatic N) is 2. The molecule has 0 saturated heterocycles. The van der Waals surface area contributed by atoms with Gasteiger partial charge in [-0.2, -0.15) is 0 Å². The second kappa shape index (κ2) is 3.26. The maximum absolute atomic E-state index is 5.64. The van der Waals surface area contributed by atoms with Crippen molar-refractivity contribution < 1.29 is 0 Å². The number of nitrogen functional groups attached to an aromatic ring is 1. The van der Waals surface area contributed by atoms with Crippen LogP contribution in [0.15, 0.2) is 12.7 Å². The average molecular weight is 163 g/mol. The number of anilines is 1. The molecule has 3 heteroatoms. The van der Waals surface area contributed by atoms with Gasteiger partial charge in [-0.05, 0) is 13.0 Å². The molecule has 0 radical (unpaired) electrons. The van der Waals surface area contributed by atoms with Gasteiger partial charge in [0, 0.05) is 6.54 Å². The Balaban J connectivity index is 3.47. The summed E-state index contributed by atoms with van der Waals surface area (Å²) in [7, 11) is 0. The highest BCUT2D eigenvalue weighted by Crippen LogP contribution is 1.87. The van der Waals surface area contributed by atoms with Crippen molar-refractivity contribution in [3.63, 3.8) is 0 Å². The fraction of sp³-hybridized carbons (Fsp3) is 0.222. The van der Waals surface area contributed by atoms with Gasteiger partial charge in [0.1, 0.15) is 0 Å². The first-order valence-electron chi connectivity index (χ1n) is 3.84. The van der Waals surface area contributed by atoms with Gasteiger partial charge in [0.15, 0.2) is 0 Å². The van der Waals surface area contributed by atoms with E-state index in [1.54, 1.807) is 12.2 Å². The summed E-state index contributed by atoms with van der Waals surface area (Å²) in [6.07, 6.45) is 3.47. The van der Waals surface area contributed by atoms with Gasteiger partial charge in [-0.15, -0.1) is 0 Å². The van der Waals surface area contributed by atoms with Crippen LogP contribution in [-0.2, 0) is 6.54 Å². The second-order valence-electron chi connectivity index (χ2n) is 2.45. The predicted octanol–water partition coefficient (Wildman–Crippen LogP) is -0.138.